The summed E-state index contributed by atoms with van der Waals surface area (Å²) in [6.07, 6.45) is 0.927. The fraction of sp³-hybridized carbons (Fsp3) is 0.333. The molecule has 0 amide bonds. The van der Waals surface area contributed by atoms with Crippen molar-refractivity contribution in [1.29, 1.82) is 0 Å². The molecule has 1 aromatic carbocycles. The summed E-state index contributed by atoms with van der Waals surface area (Å²) in [5.41, 5.74) is 1.25. The molecule has 20 heavy (non-hydrogen) atoms. The third-order valence-corrected chi connectivity index (χ3v) is 3.08. The molecule has 106 valence electrons. The van der Waals surface area contributed by atoms with Gasteiger partial charge in [0.2, 0.25) is 0 Å². The monoisotopic (exact) mass is 290 g/mol. The van der Waals surface area contributed by atoms with Crippen LogP contribution in [0.1, 0.15) is 18.3 Å². The van der Waals surface area contributed by atoms with Crippen molar-refractivity contribution in [2.75, 3.05) is 23.7 Å². The quantitative estimate of drug-likeness (QED) is 0.854. The van der Waals surface area contributed by atoms with Crippen molar-refractivity contribution < 1.29 is 0 Å². The summed E-state index contributed by atoms with van der Waals surface area (Å²) in [6, 6.07) is 9.83. The molecule has 1 heterocycles. The molecule has 2 aromatic rings. The van der Waals surface area contributed by atoms with Crippen molar-refractivity contribution in [2.45, 2.75) is 20.3 Å². The Morgan fingerprint density at radius 1 is 1.05 bits per heavy atom. The Hall–Kier alpha value is -1.81. The van der Waals surface area contributed by atoms with Crippen LogP contribution in [-0.4, -0.2) is 23.1 Å². The van der Waals surface area contributed by atoms with Gasteiger partial charge in [-0.15, -0.1) is 0 Å². The molecule has 0 spiro atoms. The zero-order valence-corrected chi connectivity index (χ0v) is 12.5. The lowest BCUT2D eigenvalue weighted by Gasteiger charge is -2.09. The second-order valence-corrected chi connectivity index (χ2v) is 4.96. The molecule has 1 aromatic heterocycles. The van der Waals surface area contributed by atoms with Crippen LogP contribution in [0.3, 0.4) is 0 Å². The normalized spacial score (nSPS) is 10.3. The van der Waals surface area contributed by atoms with E-state index >= 15 is 0 Å². The van der Waals surface area contributed by atoms with Gasteiger partial charge < -0.3 is 10.6 Å². The van der Waals surface area contributed by atoms with Gasteiger partial charge in [0.1, 0.15) is 17.5 Å². The number of rotatable bonds is 6. The third-order valence-electron chi connectivity index (χ3n) is 2.83. The Labute approximate surface area is 124 Å². The number of benzene rings is 1. The van der Waals surface area contributed by atoms with Gasteiger partial charge in [-0.05, 0) is 38.0 Å². The van der Waals surface area contributed by atoms with Crippen molar-refractivity contribution in [3.63, 3.8) is 0 Å². The molecule has 0 radical (unpaired) electrons. The lowest BCUT2D eigenvalue weighted by molar-refractivity contribution is 0.978. The Kier molecular flexibility index (Phi) is 5.18. The molecule has 0 aliphatic rings. The van der Waals surface area contributed by atoms with E-state index in [-0.39, 0.29) is 0 Å². The van der Waals surface area contributed by atoms with Crippen LogP contribution in [0.25, 0.3) is 0 Å². The average molecular weight is 291 g/mol. The maximum Gasteiger partial charge on any atom is 0.131 e. The Morgan fingerprint density at radius 2 is 1.70 bits per heavy atom. The average Bonchev–Trinajstić information content (AvgIpc) is 2.41. The fourth-order valence-electron chi connectivity index (χ4n) is 1.92. The Bertz CT molecular complexity index is 554. The molecular formula is C15H19ClN4. The SMILES string of the molecule is CCNc1cc(NCCc2ccc(Cl)cc2)nc(C)n1. The van der Waals surface area contributed by atoms with Crippen molar-refractivity contribution in [3.8, 4) is 0 Å². The number of hydrogen-bond donors (Lipinski definition) is 2. The third kappa shape index (κ3) is 4.38. The zero-order valence-electron chi connectivity index (χ0n) is 11.8. The van der Waals surface area contributed by atoms with E-state index in [0.29, 0.717) is 0 Å². The summed E-state index contributed by atoms with van der Waals surface area (Å²) in [4.78, 5) is 8.70. The second-order valence-electron chi connectivity index (χ2n) is 4.52. The molecule has 0 unspecified atom stereocenters. The number of halogens is 1. The molecule has 4 nitrogen and oxygen atoms in total. The molecule has 0 bridgehead atoms. The molecule has 0 aliphatic carbocycles. The smallest absolute Gasteiger partial charge is 0.131 e. The van der Waals surface area contributed by atoms with E-state index in [1.165, 1.54) is 5.56 Å². The maximum absolute atomic E-state index is 5.87. The van der Waals surface area contributed by atoms with E-state index < -0.39 is 0 Å². The van der Waals surface area contributed by atoms with E-state index in [4.69, 9.17) is 11.6 Å². The first-order valence-corrected chi connectivity index (χ1v) is 7.13. The topological polar surface area (TPSA) is 49.8 Å². The largest absolute Gasteiger partial charge is 0.370 e. The summed E-state index contributed by atoms with van der Waals surface area (Å²) in [5.74, 6) is 2.47. The Morgan fingerprint density at radius 3 is 2.35 bits per heavy atom. The molecule has 2 N–H and O–H groups in total. The van der Waals surface area contributed by atoms with Gasteiger partial charge >= 0.3 is 0 Å². The summed E-state index contributed by atoms with van der Waals surface area (Å²) in [5, 5.41) is 7.29. The molecule has 0 saturated heterocycles. The molecule has 0 atom stereocenters. The number of aromatic nitrogens is 2. The van der Waals surface area contributed by atoms with E-state index in [1.54, 1.807) is 0 Å². The first kappa shape index (κ1) is 14.6. The van der Waals surface area contributed by atoms with Crippen LogP contribution < -0.4 is 10.6 Å². The summed E-state index contributed by atoms with van der Waals surface area (Å²) < 4.78 is 0. The standard InChI is InChI=1S/C15H19ClN4/c1-3-17-14-10-15(20-11(2)19-14)18-9-8-12-4-6-13(16)7-5-12/h4-7,10H,3,8-9H2,1-2H3,(H2,17,18,19,20). The number of hydrogen-bond acceptors (Lipinski definition) is 4. The lowest BCUT2D eigenvalue weighted by atomic mass is 10.1. The van der Waals surface area contributed by atoms with E-state index in [2.05, 4.69) is 20.6 Å². The van der Waals surface area contributed by atoms with Crippen molar-refractivity contribution >= 4 is 23.2 Å². The predicted molar refractivity (Wildman–Crippen MR) is 84.6 cm³/mol. The molecule has 0 aliphatic heterocycles. The highest BCUT2D eigenvalue weighted by Crippen LogP contribution is 2.12. The first-order chi connectivity index (χ1) is 9.67. The Balaban J connectivity index is 1.91. The van der Waals surface area contributed by atoms with Gasteiger partial charge in [0.25, 0.3) is 0 Å². The number of aryl methyl sites for hydroxylation is 1. The fourth-order valence-corrected chi connectivity index (χ4v) is 2.04. The minimum atomic E-state index is 0.762. The predicted octanol–water partition coefficient (Wildman–Crippen LogP) is 3.52. The highest BCUT2D eigenvalue weighted by atomic mass is 35.5. The van der Waals surface area contributed by atoms with Gasteiger partial charge in [-0.25, -0.2) is 9.97 Å². The highest BCUT2D eigenvalue weighted by molar-refractivity contribution is 6.30. The molecule has 0 fully saturated rings. The molecule has 0 saturated carbocycles. The van der Waals surface area contributed by atoms with Gasteiger partial charge in [-0.3, -0.25) is 0 Å². The van der Waals surface area contributed by atoms with Gasteiger partial charge in [0.15, 0.2) is 0 Å². The van der Waals surface area contributed by atoms with E-state index in [9.17, 15) is 0 Å². The number of nitrogens with zero attached hydrogens (tertiary/aromatic N) is 2. The summed E-state index contributed by atoms with van der Waals surface area (Å²) in [6.45, 7) is 5.61. The van der Waals surface area contributed by atoms with Crippen molar-refractivity contribution in [1.82, 2.24) is 9.97 Å². The van der Waals surface area contributed by atoms with Crippen LogP contribution in [0, 0.1) is 6.92 Å². The highest BCUT2D eigenvalue weighted by Gasteiger charge is 2.01. The van der Waals surface area contributed by atoms with E-state index in [1.807, 2.05) is 44.2 Å². The second kappa shape index (κ2) is 7.10. The van der Waals surface area contributed by atoms with Gasteiger partial charge in [-0.2, -0.15) is 0 Å². The van der Waals surface area contributed by atoms with Crippen molar-refractivity contribution in [3.05, 3.63) is 46.7 Å². The molecule has 2 rings (SSSR count). The van der Waals surface area contributed by atoms with Crippen LogP contribution in [0.2, 0.25) is 5.02 Å². The van der Waals surface area contributed by atoms with Crippen LogP contribution in [0.5, 0.6) is 0 Å². The minimum Gasteiger partial charge on any atom is -0.370 e. The maximum atomic E-state index is 5.87. The minimum absolute atomic E-state index is 0.762. The number of nitrogens with one attached hydrogen (secondary N) is 2. The van der Waals surface area contributed by atoms with E-state index in [0.717, 1.165) is 42.0 Å². The number of anilines is 2. The molecular weight excluding hydrogens is 272 g/mol. The van der Waals surface area contributed by atoms with Crippen molar-refractivity contribution in [2.24, 2.45) is 0 Å². The lowest BCUT2D eigenvalue weighted by Crippen LogP contribution is -2.09. The first-order valence-electron chi connectivity index (χ1n) is 6.75. The molecule has 5 heteroatoms. The van der Waals surface area contributed by atoms with Crippen LogP contribution >= 0.6 is 11.6 Å². The van der Waals surface area contributed by atoms with Crippen LogP contribution in [0.4, 0.5) is 11.6 Å². The zero-order chi connectivity index (χ0) is 14.4. The summed E-state index contributed by atoms with van der Waals surface area (Å²) in [7, 11) is 0. The van der Waals surface area contributed by atoms with Crippen LogP contribution in [0.15, 0.2) is 30.3 Å². The van der Waals surface area contributed by atoms with Crippen LogP contribution in [-0.2, 0) is 6.42 Å². The van der Waals surface area contributed by atoms with Gasteiger partial charge in [0, 0.05) is 24.2 Å². The van der Waals surface area contributed by atoms with Gasteiger partial charge in [-0.1, -0.05) is 23.7 Å². The summed E-state index contributed by atoms with van der Waals surface area (Å²) >= 11 is 5.87. The van der Waals surface area contributed by atoms with Gasteiger partial charge in [0.05, 0.1) is 0 Å².